The van der Waals surface area contributed by atoms with Crippen molar-refractivity contribution in [2.75, 3.05) is 19.6 Å². The number of hydrogen-bond donors (Lipinski definition) is 0. The summed E-state index contributed by atoms with van der Waals surface area (Å²) in [6.07, 6.45) is 2.00. The van der Waals surface area contributed by atoms with E-state index in [-0.39, 0.29) is 28.8 Å². The molecule has 1 unspecified atom stereocenters. The Bertz CT molecular complexity index is 1180. The van der Waals surface area contributed by atoms with Crippen molar-refractivity contribution in [3.8, 4) is 5.75 Å². The number of ether oxygens (including phenoxy) is 2. The van der Waals surface area contributed by atoms with Crippen LogP contribution in [0.1, 0.15) is 71.1 Å². The molecule has 1 spiro atoms. The van der Waals surface area contributed by atoms with Gasteiger partial charge < -0.3 is 18.8 Å². The summed E-state index contributed by atoms with van der Waals surface area (Å²) in [5.74, 6) is -0.439. The molecular formula is C32H46FNO4Si. The van der Waals surface area contributed by atoms with E-state index in [0.717, 1.165) is 25.9 Å². The molecule has 2 heterocycles. The number of halogens is 1. The quantitative estimate of drug-likeness (QED) is 0.266. The summed E-state index contributed by atoms with van der Waals surface area (Å²) in [5, 5.41) is 0.0236. The summed E-state index contributed by atoms with van der Waals surface area (Å²) < 4.78 is 33.7. The third-order valence-corrected chi connectivity index (χ3v) is 12.9. The second kappa shape index (κ2) is 11.0. The van der Waals surface area contributed by atoms with Crippen LogP contribution in [-0.2, 0) is 32.9 Å². The average molecular weight is 556 g/mol. The highest BCUT2D eigenvalue weighted by Gasteiger charge is 2.43. The van der Waals surface area contributed by atoms with Gasteiger partial charge in [0.1, 0.15) is 17.2 Å². The van der Waals surface area contributed by atoms with Gasteiger partial charge in [0.15, 0.2) is 0 Å². The Labute approximate surface area is 235 Å². The lowest BCUT2D eigenvalue weighted by atomic mass is 9.83. The average Bonchev–Trinajstić information content (AvgIpc) is 3.18. The van der Waals surface area contributed by atoms with E-state index >= 15 is 4.39 Å². The first-order valence-electron chi connectivity index (χ1n) is 14.2. The number of esters is 1. The van der Waals surface area contributed by atoms with Gasteiger partial charge in [-0.25, -0.2) is 4.39 Å². The largest absolute Gasteiger partial charge is 0.543 e. The molecule has 2 aromatic rings. The van der Waals surface area contributed by atoms with Crippen LogP contribution in [0.3, 0.4) is 0 Å². The third kappa shape index (κ3) is 6.92. The second-order valence-corrected chi connectivity index (χ2v) is 18.5. The van der Waals surface area contributed by atoms with Gasteiger partial charge in [0.25, 0.3) is 0 Å². The van der Waals surface area contributed by atoms with E-state index < -0.39 is 19.8 Å². The molecule has 1 atom stereocenters. The first kappa shape index (κ1) is 29.8. The maximum Gasteiger partial charge on any atom is 0.311 e. The number of nitrogens with zero attached hydrogens (tertiary/aromatic N) is 1. The summed E-state index contributed by atoms with van der Waals surface area (Å²) >= 11 is 0. The Kier molecular flexibility index (Phi) is 8.38. The number of carbonyl (C=O) groups is 1. The highest BCUT2D eigenvalue weighted by Crippen LogP contribution is 2.44. The normalized spacial score (nSPS) is 18.6. The molecule has 0 amide bonds. The highest BCUT2D eigenvalue weighted by molar-refractivity contribution is 6.74. The van der Waals surface area contributed by atoms with Crippen LogP contribution in [0, 0.1) is 11.7 Å². The molecule has 7 heteroatoms. The lowest BCUT2D eigenvalue weighted by molar-refractivity contribution is -0.161. The van der Waals surface area contributed by atoms with E-state index in [1.807, 2.05) is 20.8 Å². The summed E-state index contributed by atoms with van der Waals surface area (Å²) in [6.45, 7) is 19.3. The summed E-state index contributed by atoms with van der Waals surface area (Å²) in [4.78, 5) is 15.7. The maximum atomic E-state index is 15.1. The van der Waals surface area contributed by atoms with E-state index in [0.29, 0.717) is 24.5 Å². The Hall–Kier alpha value is -2.22. The predicted molar refractivity (Wildman–Crippen MR) is 156 cm³/mol. The van der Waals surface area contributed by atoms with E-state index in [1.54, 1.807) is 12.1 Å². The Morgan fingerprint density at radius 3 is 2.38 bits per heavy atom. The molecule has 0 aromatic heterocycles. The Morgan fingerprint density at radius 1 is 1.08 bits per heavy atom. The number of rotatable bonds is 7. The van der Waals surface area contributed by atoms with E-state index in [2.05, 4.69) is 63.0 Å². The molecule has 39 heavy (non-hydrogen) atoms. The van der Waals surface area contributed by atoms with E-state index in [4.69, 9.17) is 13.9 Å². The predicted octanol–water partition coefficient (Wildman–Crippen LogP) is 7.23. The van der Waals surface area contributed by atoms with Crippen LogP contribution in [-0.4, -0.2) is 44.4 Å². The molecule has 2 aliphatic heterocycles. The van der Waals surface area contributed by atoms with Gasteiger partial charge in [-0.1, -0.05) is 45.0 Å². The lowest BCUT2D eigenvalue weighted by Gasteiger charge is -2.40. The van der Waals surface area contributed by atoms with Gasteiger partial charge >= 0.3 is 5.97 Å². The zero-order valence-corrected chi connectivity index (χ0v) is 26.0. The summed E-state index contributed by atoms with van der Waals surface area (Å²) in [6, 6.07) is 13.4. The molecule has 214 valence electrons. The van der Waals surface area contributed by atoms with Gasteiger partial charge in [-0.3, -0.25) is 4.79 Å². The van der Waals surface area contributed by atoms with Crippen LogP contribution >= 0.6 is 0 Å². The number of hydrogen-bond acceptors (Lipinski definition) is 5. The fourth-order valence-electron chi connectivity index (χ4n) is 5.30. The van der Waals surface area contributed by atoms with Gasteiger partial charge in [0.2, 0.25) is 8.32 Å². The first-order valence-corrected chi connectivity index (χ1v) is 17.1. The van der Waals surface area contributed by atoms with Crippen molar-refractivity contribution in [1.82, 2.24) is 4.90 Å². The van der Waals surface area contributed by atoms with Gasteiger partial charge in [-0.05, 0) is 93.1 Å². The topological polar surface area (TPSA) is 48.0 Å². The SMILES string of the molecule is CC(C)(C)OC(=O)C(Cc1cc(O[Si](C)(C)C(C)(C)C)ccc1F)CN1CCC2(CC1)OCc1ccccc12. The molecule has 2 aromatic carbocycles. The van der Waals surface area contributed by atoms with Crippen molar-refractivity contribution in [1.29, 1.82) is 0 Å². The van der Waals surface area contributed by atoms with Crippen molar-refractivity contribution in [3.63, 3.8) is 0 Å². The van der Waals surface area contributed by atoms with Crippen molar-refractivity contribution < 1.29 is 23.1 Å². The van der Waals surface area contributed by atoms with Crippen molar-refractivity contribution in [2.24, 2.45) is 5.92 Å². The molecular weight excluding hydrogens is 509 g/mol. The Morgan fingerprint density at radius 2 is 1.74 bits per heavy atom. The van der Waals surface area contributed by atoms with Crippen molar-refractivity contribution in [2.45, 2.75) is 96.7 Å². The smallest absolute Gasteiger partial charge is 0.311 e. The number of piperidine rings is 1. The standard InChI is InChI=1S/C32H46FNO4Si/c1-30(2,3)37-29(35)25(19-24-20-26(13-14-28(24)33)38-39(7,8)31(4,5)6)21-34-17-15-32(16-18-34)27-12-10-9-11-23(27)22-36-32/h9-14,20,25H,15-19,21-22H2,1-8H3. The molecule has 0 radical (unpaired) electrons. The van der Waals surface area contributed by atoms with Crippen LogP contribution in [0.15, 0.2) is 42.5 Å². The number of fused-ring (bicyclic) bond motifs is 2. The minimum Gasteiger partial charge on any atom is -0.543 e. The molecule has 0 aliphatic carbocycles. The number of carbonyl (C=O) groups excluding carboxylic acids is 1. The molecule has 0 saturated carbocycles. The van der Waals surface area contributed by atoms with Crippen LogP contribution in [0.5, 0.6) is 5.75 Å². The number of benzene rings is 2. The fraction of sp³-hybridized carbons (Fsp3) is 0.594. The molecule has 0 bridgehead atoms. The maximum absolute atomic E-state index is 15.1. The Balaban J connectivity index is 1.50. The zero-order valence-electron chi connectivity index (χ0n) is 25.0. The van der Waals surface area contributed by atoms with Crippen LogP contribution in [0.25, 0.3) is 0 Å². The summed E-state index contributed by atoms with van der Waals surface area (Å²) in [7, 11) is -2.09. The molecule has 2 aliphatic rings. The van der Waals surface area contributed by atoms with E-state index in [1.165, 1.54) is 17.2 Å². The minimum atomic E-state index is -2.09. The molecule has 4 rings (SSSR count). The highest BCUT2D eigenvalue weighted by atomic mass is 28.4. The van der Waals surface area contributed by atoms with Crippen LogP contribution in [0.2, 0.25) is 18.1 Å². The van der Waals surface area contributed by atoms with Gasteiger partial charge in [0.05, 0.1) is 18.1 Å². The molecule has 1 saturated heterocycles. The molecule has 0 N–H and O–H groups in total. The molecule has 5 nitrogen and oxygen atoms in total. The second-order valence-electron chi connectivity index (χ2n) is 13.8. The lowest BCUT2D eigenvalue weighted by Crippen LogP contribution is -2.46. The monoisotopic (exact) mass is 555 g/mol. The van der Waals surface area contributed by atoms with Gasteiger partial charge in [-0.15, -0.1) is 0 Å². The third-order valence-electron chi connectivity index (χ3n) is 8.56. The number of likely N-dealkylation sites (tertiary alicyclic amines) is 1. The van der Waals surface area contributed by atoms with Crippen molar-refractivity contribution >= 4 is 14.3 Å². The molecule has 1 fully saturated rings. The van der Waals surface area contributed by atoms with Crippen LogP contribution < -0.4 is 4.43 Å². The van der Waals surface area contributed by atoms with Gasteiger partial charge in [0, 0.05) is 19.6 Å². The van der Waals surface area contributed by atoms with E-state index in [9.17, 15) is 4.79 Å². The minimum absolute atomic E-state index is 0.0236. The first-order chi connectivity index (χ1) is 18.1. The van der Waals surface area contributed by atoms with Gasteiger partial charge in [-0.2, -0.15) is 0 Å². The fourth-order valence-corrected chi connectivity index (χ4v) is 6.32. The zero-order chi connectivity index (χ0) is 28.6. The summed E-state index contributed by atoms with van der Waals surface area (Å²) in [5.41, 5.74) is 2.20. The van der Waals surface area contributed by atoms with Crippen molar-refractivity contribution in [3.05, 3.63) is 65.0 Å². The van der Waals surface area contributed by atoms with Crippen LogP contribution in [0.4, 0.5) is 4.39 Å².